The largest absolute Gasteiger partial charge is 0.365 e. The minimum atomic E-state index is -0.157. The Kier molecular flexibility index (Phi) is 5.45. The molecule has 0 spiro atoms. The first kappa shape index (κ1) is 20.4. The topological polar surface area (TPSA) is 80.6 Å². The molecule has 2 amide bonds. The first-order chi connectivity index (χ1) is 15.6. The lowest BCUT2D eigenvalue weighted by atomic mass is 10.1. The highest BCUT2D eigenvalue weighted by Gasteiger charge is 2.32. The summed E-state index contributed by atoms with van der Waals surface area (Å²) in [6.45, 7) is 4.80. The quantitative estimate of drug-likeness (QED) is 0.636. The van der Waals surface area contributed by atoms with Crippen molar-refractivity contribution < 1.29 is 14.3 Å². The molecule has 2 aliphatic heterocycles. The van der Waals surface area contributed by atoms with Crippen molar-refractivity contribution in [2.24, 2.45) is 0 Å². The van der Waals surface area contributed by atoms with Crippen molar-refractivity contribution in [1.82, 2.24) is 24.8 Å². The molecule has 0 bridgehead atoms. The van der Waals surface area contributed by atoms with Crippen molar-refractivity contribution in [1.29, 1.82) is 0 Å². The molecule has 1 saturated heterocycles. The van der Waals surface area contributed by atoms with E-state index in [1.165, 1.54) is 5.56 Å². The summed E-state index contributed by atoms with van der Waals surface area (Å²) in [5.74, 6) is -0.162. The molecule has 5 rings (SSSR count). The van der Waals surface area contributed by atoms with E-state index in [1.54, 1.807) is 14.5 Å². The Hall–Kier alpha value is -3.52. The Morgan fingerprint density at radius 1 is 0.906 bits per heavy atom. The molecule has 1 unspecified atom stereocenters. The van der Waals surface area contributed by atoms with Gasteiger partial charge in [-0.05, 0) is 24.6 Å². The van der Waals surface area contributed by atoms with Gasteiger partial charge in [0.2, 0.25) is 0 Å². The van der Waals surface area contributed by atoms with Crippen molar-refractivity contribution in [2.45, 2.75) is 26.2 Å². The van der Waals surface area contributed by atoms with Crippen LogP contribution in [-0.2, 0) is 17.9 Å². The van der Waals surface area contributed by atoms with Gasteiger partial charge in [0.15, 0.2) is 5.69 Å². The van der Waals surface area contributed by atoms with Gasteiger partial charge < -0.3 is 14.5 Å². The minimum absolute atomic E-state index is 0.00529. The average molecular weight is 431 g/mol. The molecule has 8 nitrogen and oxygen atoms in total. The van der Waals surface area contributed by atoms with Crippen LogP contribution in [0.2, 0.25) is 0 Å². The number of benzene rings is 2. The Labute approximate surface area is 186 Å². The van der Waals surface area contributed by atoms with Crippen LogP contribution < -0.4 is 0 Å². The van der Waals surface area contributed by atoms with E-state index in [0.29, 0.717) is 56.3 Å². The van der Waals surface area contributed by atoms with Crippen LogP contribution in [0.4, 0.5) is 0 Å². The number of hydrogen-bond acceptors (Lipinski definition) is 5. The lowest BCUT2D eigenvalue weighted by Crippen LogP contribution is -2.50. The number of hydrogen-bond donors (Lipinski definition) is 0. The second-order valence-corrected chi connectivity index (χ2v) is 8.23. The maximum atomic E-state index is 13.1. The van der Waals surface area contributed by atoms with Crippen LogP contribution in [0.1, 0.15) is 43.8 Å². The fraction of sp³-hybridized carbons (Fsp3) is 0.333. The fourth-order valence-corrected chi connectivity index (χ4v) is 4.19. The van der Waals surface area contributed by atoms with Gasteiger partial charge in [-0.3, -0.25) is 9.59 Å². The normalized spacial score (nSPS) is 18.3. The van der Waals surface area contributed by atoms with E-state index in [-0.39, 0.29) is 17.9 Å². The third-order valence-corrected chi connectivity index (χ3v) is 6.12. The standard InChI is InChI=1S/C24H25N5O3/c1-17-7-9-18(10-8-17)21-15-29-20(16-32-21)22(25-26-29)24(31)28-13-11-27(12-14-28)23(30)19-5-3-2-4-6-19/h2-10,21H,11-16H2,1H3. The van der Waals surface area contributed by atoms with Gasteiger partial charge >= 0.3 is 0 Å². The van der Waals surface area contributed by atoms with Gasteiger partial charge in [0.25, 0.3) is 11.8 Å². The van der Waals surface area contributed by atoms with Crippen molar-refractivity contribution in [3.05, 3.63) is 82.7 Å². The van der Waals surface area contributed by atoms with Crippen LogP contribution in [0.25, 0.3) is 0 Å². The molecule has 1 aromatic heterocycles. The molecule has 2 aromatic carbocycles. The van der Waals surface area contributed by atoms with Crippen LogP contribution >= 0.6 is 0 Å². The maximum Gasteiger partial charge on any atom is 0.276 e. The Morgan fingerprint density at radius 3 is 2.25 bits per heavy atom. The van der Waals surface area contributed by atoms with Crippen LogP contribution in [0.3, 0.4) is 0 Å². The number of ether oxygens (including phenoxy) is 1. The summed E-state index contributed by atoms with van der Waals surface area (Å²) in [6.07, 6.45) is -0.111. The monoisotopic (exact) mass is 431 g/mol. The number of nitrogens with zero attached hydrogens (tertiary/aromatic N) is 5. The molecule has 0 radical (unpaired) electrons. The predicted octanol–water partition coefficient (Wildman–Crippen LogP) is 2.46. The van der Waals surface area contributed by atoms with E-state index in [2.05, 4.69) is 41.5 Å². The van der Waals surface area contributed by atoms with Gasteiger partial charge in [-0.2, -0.15) is 0 Å². The molecular weight excluding hydrogens is 406 g/mol. The highest BCUT2D eigenvalue weighted by molar-refractivity contribution is 5.95. The Balaban J connectivity index is 1.23. The lowest BCUT2D eigenvalue weighted by Gasteiger charge is -2.34. The van der Waals surface area contributed by atoms with Gasteiger partial charge in [-0.15, -0.1) is 5.10 Å². The number of piperazine rings is 1. The Bertz CT molecular complexity index is 1120. The van der Waals surface area contributed by atoms with E-state index in [1.807, 2.05) is 30.3 Å². The van der Waals surface area contributed by atoms with E-state index in [4.69, 9.17) is 4.74 Å². The second kappa shape index (κ2) is 8.55. The molecule has 164 valence electrons. The van der Waals surface area contributed by atoms with Crippen molar-refractivity contribution in [3.8, 4) is 0 Å². The summed E-state index contributed by atoms with van der Waals surface area (Å²) >= 11 is 0. The number of carbonyl (C=O) groups is 2. The zero-order chi connectivity index (χ0) is 22.1. The maximum absolute atomic E-state index is 13.1. The van der Waals surface area contributed by atoms with Gasteiger partial charge in [0.1, 0.15) is 6.10 Å². The van der Waals surface area contributed by atoms with Gasteiger partial charge in [0, 0.05) is 31.7 Å². The first-order valence-corrected chi connectivity index (χ1v) is 10.8. The molecule has 1 fully saturated rings. The summed E-state index contributed by atoms with van der Waals surface area (Å²) in [5, 5.41) is 8.40. The SMILES string of the molecule is Cc1ccc(C2Cn3nnc(C(=O)N4CCN(C(=O)c5ccccc5)CC4)c3CO2)cc1. The molecule has 1 atom stereocenters. The third kappa shape index (κ3) is 3.89. The fourth-order valence-electron chi connectivity index (χ4n) is 4.19. The number of carbonyl (C=O) groups excluding carboxylic acids is 2. The summed E-state index contributed by atoms with van der Waals surface area (Å²) in [5.41, 5.74) is 4.00. The van der Waals surface area contributed by atoms with Crippen LogP contribution in [0, 0.1) is 6.92 Å². The van der Waals surface area contributed by atoms with E-state index < -0.39 is 0 Å². The van der Waals surface area contributed by atoms with Gasteiger partial charge in [-0.25, -0.2) is 4.68 Å². The van der Waals surface area contributed by atoms with Crippen LogP contribution in [0.5, 0.6) is 0 Å². The zero-order valence-electron chi connectivity index (χ0n) is 18.0. The predicted molar refractivity (Wildman–Crippen MR) is 117 cm³/mol. The van der Waals surface area contributed by atoms with E-state index >= 15 is 0 Å². The molecule has 2 aliphatic rings. The van der Waals surface area contributed by atoms with E-state index in [9.17, 15) is 9.59 Å². The summed E-state index contributed by atoms with van der Waals surface area (Å²) < 4.78 is 7.81. The van der Waals surface area contributed by atoms with Gasteiger partial charge in [-0.1, -0.05) is 53.2 Å². The smallest absolute Gasteiger partial charge is 0.276 e. The van der Waals surface area contributed by atoms with E-state index in [0.717, 1.165) is 5.56 Å². The average Bonchev–Trinajstić information content (AvgIpc) is 3.27. The van der Waals surface area contributed by atoms with Crippen molar-refractivity contribution in [2.75, 3.05) is 26.2 Å². The zero-order valence-corrected chi connectivity index (χ0v) is 18.0. The van der Waals surface area contributed by atoms with Gasteiger partial charge in [0.05, 0.1) is 18.8 Å². The lowest BCUT2D eigenvalue weighted by molar-refractivity contribution is -0.00203. The van der Waals surface area contributed by atoms with Crippen molar-refractivity contribution in [3.63, 3.8) is 0 Å². The highest BCUT2D eigenvalue weighted by atomic mass is 16.5. The number of aryl methyl sites for hydroxylation is 1. The number of fused-ring (bicyclic) bond motifs is 1. The molecule has 8 heteroatoms. The molecule has 32 heavy (non-hydrogen) atoms. The number of aromatic nitrogens is 3. The third-order valence-electron chi connectivity index (χ3n) is 6.12. The highest BCUT2D eigenvalue weighted by Crippen LogP contribution is 2.27. The van der Waals surface area contributed by atoms with Crippen molar-refractivity contribution >= 4 is 11.8 Å². The summed E-state index contributed by atoms with van der Waals surface area (Å²) in [7, 11) is 0. The molecule has 0 saturated carbocycles. The minimum Gasteiger partial charge on any atom is -0.365 e. The van der Waals surface area contributed by atoms with Crippen LogP contribution in [-0.4, -0.2) is 62.8 Å². The molecule has 0 aliphatic carbocycles. The summed E-state index contributed by atoms with van der Waals surface area (Å²) in [6, 6.07) is 17.5. The molecular formula is C24H25N5O3. The molecule has 3 heterocycles. The second-order valence-electron chi connectivity index (χ2n) is 8.23. The molecule has 0 N–H and O–H groups in total. The van der Waals surface area contributed by atoms with Crippen LogP contribution in [0.15, 0.2) is 54.6 Å². The molecule has 3 aromatic rings. The Morgan fingerprint density at radius 2 is 1.56 bits per heavy atom. The summed E-state index contributed by atoms with van der Waals surface area (Å²) in [4.78, 5) is 29.3. The number of rotatable bonds is 3. The first-order valence-electron chi connectivity index (χ1n) is 10.8. The number of amides is 2.